The molecule has 2 aromatic rings. The van der Waals surface area contributed by atoms with Crippen LogP contribution in [0.25, 0.3) is 0 Å². The van der Waals surface area contributed by atoms with Crippen molar-refractivity contribution in [2.24, 2.45) is 5.41 Å². The van der Waals surface area contributed by atoms with Gasteiger partial charge in [0.05, 0.1) is 23.2 Å². The average molecular weight is 361 g/mol. The van der Waals surface area contributed by atoms with E-state index in [-0.39, 0.29) is 11.4 Å². The maximum Gasteiger partial charge on any atom is 0.294 e. The fourth-order valence-corrected chi connectivity index (χ4v) is 3.07. The summed E-state index contributed by atoms with van der Waals surface area (Å²) in [6.07, 6.45) is 3.15. The van der Waals surface area contributed by atoms with Crippen LogP contribution < -0.4 is 4.90 Å². The topological polar surface area (TPSA) is 94.3 Å². The second kappa shape index (κ2) is 6.69. The Balaban J connectivity index is 2.18. The van der Waals surface area contributed by atoms with Gasteiger partial charge in [-0.15, -0.1) is 0 Å². The van der Waals surface area contributed by atoms with Gasteiger partial charge in [-0.25, -0.2) is 0 Å². The number of amides is 1. The van der Waals surface area contributed by atoms with Gasteiger partial charge in [0.1, 0.15) is 0 Å². The summed E-state index contributed by atoms with van der Waals surface area (Å²) >= 11 is 0. The Labute approximate surface area is 157 Å². The Morgan fingerprint density at radius 1 is 1.15 bits per heavy atom. The van der Waals surface area contributed by atoms with Crippen molar-refractivity contribution >= 4 is 17.4 Å². The highest BCUT2D eigenvalue weighted by Gasteiger charge is 2.46. The van der Waals surface area contributed by atoms with E-state index < -0.39 is 23.1 Å². The fourth-order valence-electron chi connectivity index (χ4n) is 3.07. The number of anilines is 1. The van der Waals surface area contributed by atoms with Crippen molar-refractivity contribution in [1.82, 2.24) is 4.98 Å². The second-order valence-corrected chi connectivity index (χ2v) is 7.36. The Kier molecular flexibility index (Phi) is 4.54. The molecule has 1 aliphatic heterocycles. The highest BCUT2D eigenvalue weighted by molar-refractivity contribution is 6.17. The van der Waals surface area contributed by atoms with Crippen molar-refractivity contribution in [1.29, 1.82) is 5.26 Å². The van der Waals surface area contributed by atoms with E-state index in [0.29, 0.717) is 16.8 Å². The van der Waals surface area contributed by atoms with E-state index in [2.05, 4.69) is 4.98 Å². The number of aliphatic hydroxyl groups excluding tert-OH is 1. The number of hydrogen-bond acceptors (Lipinski definition) is 5. The number of aromatic nitrogens is 1. The molecule has 1 aliphatic rings. The molecule has 0 bridgehead atoms. The minimum absolute atomic E-state index is 0.0723. The van der Waals surface area contributed by atoms with Crippen LogP contribution in [0.3, 0.4) is 0 Å². The number of carbonyl (C=O) groups excluding carboxylic acids is 2. The van der Waals surface area contributed by atoms with Crippen molar-refractivity contribution in [3.63, 3.8) is 0 Å². The first-order chi connectivity index (χ1) is 12.8. The van der Waals surface area contributed by atoms with Crippen molar-refractivity contribution in [2.45, 2.75) is 26.8 Å². The van der Waals surface area contributed by atoms with Crippen LogP contribution in [0.5, 0.6) is 0 Å². The predicted molar refractivity (Wildman–Crippen MR) is 99.7 cm³/mol. The summed E-state index contributed by atoms with van der Waals surface area (Å²) in [4.78, 5) is 31.3. The molecule has 2 heterocycles. The maximum atomic E-state index is 13.0. The summed E-state index contributed by atoms with van der Waals surface area (Å²) in [7, 11) is 0. The van der Waals surface area contributed by atoms with E-state index >= 15 is 0 Å². The number of carbonyl (C=O) groups is 2. The first-order valence-electron chi connectivity index (χ1n) is 8.47. The Morgan fingerprint density at radius 2 is 1.74 bits per heavy atom. The van der Waals surface area contributed by atoms with Crippen LogP contribution in [-0.4, -0.2) is 21.8 Å². The molecule has 1 atom stereocenters. The van der Waals surface area contributed by atoms with E-state index in [1.54, 1.807) is 69.6 Å². The van der Waals surface area contributed by atoms with Gasteiger partial charge in [-0.1, -0.05) is 20.8 Å². The van der Waals surface area contributed by atoms with Crippen molar-refractivity contribution in [3.05, 3.63) is 71.3 Å². The average Bonchev–Trinajstić information content (AvgIpc) is 2.92. The number of nitrogens with zero attached hydrogens (tertiary/aromatic N) is 3. The smallest absolute Gasteiger partial charge is 0.294 e. The first kappa shape index (κ1) is 18.3. The lowest BCUT2D eigenvalue weighted by atomic mass is 9.82. The molecule has 0 spiro atoms. The summed E-state index contributed by atoms with van der Waals surface area (Å²) in [5, 5.41) is 19.5. The van der Waals surface area contributed by atoms with Crippen LogP contribution >= 0.6 is 0 Å². The second-order valence-electron chi connectivity index (χ2n) is 7.36. The molecule has 1 amide bonds. The van der Waals surface area contributed by atoms with Gasteiger partial charge < -0.3 is 5.11 Å². The summed E-state index contributed by atoms with van der Waals surface area (Å²) in [6, 6.07) is 11.1. The maximum absolute atomic E-state index is 13.0. The standard InChI is InChI=1S/C21H19N3O3/c1-21(2,3)19(26)16-17(14-8-10-23-11-9-14)24(20(27)18(16)25)15-6-4-13(12-22)5-7-15/h4-11,17,25H,1-3H3. The molecule has 6 heteroatoms. The van der Waals surface area contributed by atoms with Crippen LogP contribution in [-0.2, 0) is 9.59 Å². The monoisotopic (exact) mass is 361 g/mol. The minimum atomic E-state index is -0.768. The summed E-state index contributed by atoms with van der Waals surface area (Å²) < 4.78 is 0. The summed E-state index contributed by atoms with van der Waals surface area (Å²) in [5.41, 5.74) is 0.913. The number of benzene rings is 1. The third kappa shape index (κ3) is 3.20. The number of Topliss-reactive ketones (excluding diaryl/α,β-unsaturated/α-hetero) is 1. The number of aliphatic hydroxyl groups is 1. The van der Waals surface area contributed by atoms with Gasteiger partial charge in [-0.05, 0) is 42.0 Å². The van der Waals surface area contributed by atoms with E-state index in [1.165, 1.54) is 4.90 Å². The molecule has 0 saturated heterocycles. The van der Waals surface area contributed by atoms with Gasteiger partial charge in [0.2, 0.25) is 0 Å². The van der Waals surface area contributed by atoms with Gasteiger partial charge in [-0.2, -0.15) is 5.26 Å². The van der Waals surface area contributed by atoms with Gasteiger partial charge in [0, 0.05) is 23.5 Å². The van der Waals surface area contributed by atoms with Crippen molar-refractivity contribution < 1.29 is 14.7 Å². The summed E-state index contributed by atoms with van der Waals surface area (Å²) in [5.74, 6) is -1.48. The number of pyridine rings is 1. The molecule has 1 N–H and O–H groups in total. The molecular formula is C21H19N3O3. The molecule has 0 aliphatic carbocycles. The van der Waals surface area contributed by atoms with Crippen molar-refractivity contribution in [3.8, 4) is 6.07 Å². The lowest BCUT2D eigenvalue weighted by molar-refractivity contribution is -0.123. The van der Waals surface area contributed by atoms with Gasteiger partial charge >= 0.3 is 0 Å². The van der Waals surface area contributed by atoms with Crippen LogP contribution in [0.4, 0.5) is 5.69 Å². The molecule has 3 rings (SSSR count). The zero-order valence-electron chi connectivity index (χ0n) is 15.3. The lowest BCUT2D eigenvalue weighted by Crippen LogP contribution is -2.32. The van der Waals surface area contributed by atoms with Crippen molar-refractivity contribution in [2.75, 3.05) is 4.90 Å². The molecule has 1 aromatic carbocycles. The van der Waals surface area contributed by atoms with E-state index in [4.69, 9.17) is 5.26 Å². The fraction of sp³-hybridized carbons (Fsp3) is 0.238. The molecule has 0 fully saturated rings. The van der Waals surface area contributed by atoms with Crippen LogP contribution in [0, 0.1) is 16.7 Å². The molecule has 1 unspecified atom stereocenters. The zero-order valence-corrected chi connectivity index (χ0v) is 15.3. The van der Waals surface area contributed by atoms with E-state index in [1.807, 2.05) is 6.07 Å². The molecule has 27 heavy (non-hydrogen) atoms. The molecule has 136 valence electrons. The summed E-state index contributed by atoms with van der Waals surface area (Å²) in [6.45, 7) is 5.23. The third-order valence-electron chi connectivity index (χ3n) is 4.43. The molecule has 0 saturated carbocycles. The molecule has 0 radical (unpaired) electrons. The predicted octanol–water partition coefficient (Wildman–Crippen LogP) is 3.47. The highest BCUT2D eigenvalue weighted by Crippen LogP contribution is 2.43. The highest BCUT2D eigenvalue weighted by atomic mass is 16.3. The SMILES string of the molecule is CC(C)(C)C(=O)C1=C(O)C(=O)N(c2ccc(C#N)cc2)C1c1ccncc1. The number of rotatable bonds is 3. The van der Waals surface area contributed by atoms with Crippen LogP contribution in [0.15, 0.2) is 60.1 Å². The third-order valence-corrected chi connectivity index (χ3v) is 4.43. The Morgan fingerprint density at radius 3 is 2.26 bits per heavy atom. The van der Waals surface area contributed by atoms with Crippen LogP contribution in [0.2, 0.25) is 0 Å². The number of ketones is 1. The van der Waals surface area contributed by atoms with E-state index in [9.17, 15) is 14.7 Å². The number of nitriles is 1. The van der Waals surface area contributed by atoms with Gasteiger partial charge in [-0.3, -0.25) is 19.5 Å². The van der Waals surface area contributed by atoms with Gasteiger partial charge in [0.25, 0.3) is 5.91 Å². The normalized spacial score (nSPS) is 17.2. The quantitative estimate of drug-likeness (QED) is 0.903. The molecule has 1 aromatic heterocycles. The first-order valence-corrected chi connectivity index (χ1v) is 8.47. The largest absolute Gasteiger partial charge is 0.503 e. The van der Waals surface area contributed by atoms with E-state index in [0.717, 1.165) is 0 Å². The van der Waals surface area contributed by atoms with Crippen LogP contribution in [0.1, 0.15) is 37.9 Å². The lowest BCUT2D eigenvalue weighted by Gasteiger charge is -2.28. The zero-order chi connectivity index (χ0) is 19.8. The Bertz CT molecular complexity index is 964. The number of hydrogen-bond donors (Lipinski definition) is 1. The Hall–Kier alpha value is -3.46. The molecular weight excluding hydrogens is 342 g/mol. The van der Waals surface area contributed by atoms with Gasteiger partial charge in [0.15, 0.2) is 11.5 Å². The minimum Gasteiger partial charge on any atom is -0.503 e. The molecule has 6 nitrogen and oxygen atoms in total.